The van der Waals surface area contributed by atoms with Crippen LogP contribution in [0.3, 0.4) is 0 Å². The van der Waals surface area contributed by atoms with Gasteiger partial charge in [0.2, 0.25) is 5.91 Å². The van der Waals surface area contributed by atoms with Gasteiger partial charge in [-0.05, 0) is 50.5 Å². The molecule has 28 heavy (non-hydrogen) atoms. The van der Waals surface area contributed by atoms with Crippen molar-refractivity contribution in [2.75, 3.05) is 13.1 Å². The quantitative estimate of drug-likeness (QED) is 0.848. The summed E-state index contributed by atoms with van der Waals surface area (Å²) in [5.74, 6) is 0.220. The highest BCUT2D eigenvalue weighted by molar-refractivity contribution is 6.39. The number of fused-ring (bicyclic) bond motifs is 1. The Morgan fingerprint density at radius 1 is 1.14 bits per heavy atom. The van der Waals surface area contributed by atoms with Crippen LogP contribution in [0, 0.1) is 11.3 Å². The number of aryl methyl sites for hydroxylation is 1. The van der Waals surface area contributed by atoms with Gasteiger partial charge in [-0.3, -0.25) is 19.0 Å². The molecule has 2 aliphatic carbocycles. The second kappa shape index (κ2) is 7.45. The van der Waals surface area contributed by atoms with Crippen LogP contribution in [0.1, 0.15) is 62.7 Å². The highest BCUT2D eigenvalue weighted by atomic mass is 16.2. The van der Waals surface area contributed by atoms with Crippen LogP contribution < -0.4 is 5.56 Å². The van der Waals surface area contributed by atoms with E-state index in [0.29, 0.717) is 31.5 Å². The lowest BCUT2D eigenvalue weighted by Crippen LogP contribution is -2.40. The molecule has 1 unspecified atom stereocenters. The lowest BCUT2D eigenvalue weighted by atomic mass is 9.78. The molecule has 1 aromatic rings. The van der Waals surface area contributed by atoms with E-state index in [1.807, 2.05) is 11.0 Å². The molecule has 0 aromatic carbocycles. The van der Waals surface area contributed by atoms with Gasteiger partial charge in [0.05, 0.1) is 23.3 Å². The fraction of sp³-hybridized carbons (Fsp3) is 0.571. The zero-order valence-electron chi connectivity index (χ0n) is 16.2. The average molecular weight is 382 g/mol. The normalized spacial score (nSPS) is 23.4. The molecule has 2 fully saturated rings. The van der Waals surface area contributed by atoms with Crippen LogP contribution in [-0.2, 0) is 16.0 Å². The minimum atomic E-state index is -0.0472. The Kier molecular flexibility index (Phi) is 5.00. The Labute approximate surface area is 164 Å². The first-order valence-corrected chi connectivity index (χ1v) is 10.1. The van der Waals surface area contributed by atoms with Gasteiger partial charge in [0.1, 0.15) is 0 Å². The number of Topliss-reactive ketones (excluding diaryl/α,β-unsaturated/α-hetero) is 1. The van der Waals surface area contributed by atoms with Crippen molar-refractivity contribution in [3.8, 4) is 0 Å². The Balaban J connectivity index is 1.58. The summed E-state index contributed by atoms with van der Waals surface area (Å²) in [5.41, 5.74) is 2.89. The second-order valence-corrected chi connectivity index (χ2v) is 8.12. The van der Waals surface area contributed by atoms with E-state index in [1.54, 1.807) is 17.8 Å². The van der Waals surface area contributed by atoms with Crippen LogP contribution in [0.4, 0.5) is 0 Å². The fourth-order valence-corrected chi connectivity index (χ4v) is 4.66. The van der Waals surface area contributed by atoms with Crippen LogP contribution in [0.15, 0.2) is 16.7 Å². The van der Waals surface area contributed by atoms with E-state index in [4.69, 9.17) is 5.41 Å². The van der Waals surface area contributed by atoms with Crippen molar-refractivity contribution in [3.05, 3.63) is 33.5 Å². The number of aromatic nitrogens is 2. The van der Waals surface area contributed by atoms with Gasteiger partial charge in [0, 0.05) is 32.5 Å². The van der Waals surface area contributed by atoms with Crippen molar-refractivity contribution in [1.29, 1.82) is 5.41 Å². The molecule has 2 heterocycles. The highest BCUT2D eigenvalue weighted by Gasteiger charge is 2.29. The molecule has 0 radical (unpaired) electrons. The van der Waals surface area contributed by atoms with Gasteiger partial charge in [-0.2, -0.15) is 0 Å². The minimum Gasteiger partial charge on any atom is -0.343 e. The Bertz CT molecular complexity index is 922. The Morgan fingerprint density at radius 2 is 1.89 bits per heavy atom. The number of hydrogen-bond donors (Lipinski definition) is 1. The number of rotatable bonds is 2. The van der Waals surface area contributed by atoms with E-state index in [9.17, 15) is 14.4 Å². The first-order chi connectivity index (χ1) is 13.4. The van der Waals surface area contributed by atoms with Gasteiger partial charge in [0.15, 0.2) is 5.78 Å². The van der Waals surface area contributed by atoms with Crippen LogP contribution in [0.25, 0.3) is 6.08 Å². The minimum absolute atomic E-state index is 0.00885. The van der Waals surface area contributed by atoms with Crippen molar-refractivity contribution in [1.82, 2.24) is 14.5 Å². The predicted octanol–water partition coefficient (Wildman–Crippen LogP) is 2.15. The third-order valence-corrected chi connectivity index (χ3v) is 6.43. The number of amides is 1. The standard InChI is InChI=1S/C21H26N4O3/c1-13(26)24-8-6-16(7-9-24)25-12-23-19-4-2-14(10-17(19)21(25)28)15-3-5-20(27)18(22)11-15/h10,12,15-16,22H,2-9,11H2,1H3. The molecule has 148 valence electrons. The molecule has 1 saturated heterocycles. The maximum Gasteiger partial charge on any atom is 0.261 e. The summed E-state index contributed by atoms with van der Waals surface area (Å²) in [5, 5.41) is 7.86. The number of ketones is 1. The first-order valence-electron chi connectivity index (χ1n) is 10.1. The lowest BCUT2D eigenvalue weighted by molar-refractivity contribution is -0.130. The summed E-state index contributed by atoms with van der Waals surface area (Å²) in [6.07, 6.45) is 8.42. The van der Waals surface area contributed by atoms with Gasteiger partial charge >= 0.3 is 0 Å². The molecular weight excluding hydrogens is 356 g/mol. The number of carbonyl (C=O) groups excluding carboxylic acids is 2. The van der Waals surface area contributed by atoms with Crippen LogP contribution >= 0.6 is 0 Å². The van der Waals surface area contributed by atoms with Gasteiger partial charge in [-0.25, -0.2) is 4.98 Å². The molecule has 0 bridgehead atoms. The summed E-state index contributed by atoms with van der Waals surface area (Å²) in [6, 6.07) is 0.0696. The smallest absolute Gasteiger partial charge is 0.261 e. The zero-order chi connectivity index (χ0) is 19.8. The van der Waals surface area contributed by atoms with E-state index < -0.39 is 0 Å². The molecule has 7 nitrogen and oxygen atoms in total. The number of nitrogens with zero attached hydrogens (tertiary/aromatic N) is 3. The van der Waals surface area contributed by atoms with E-state index in [0.717, 1.165) is 37.8 Å². The number of likely N-dealkylation sites (tertiary alicyclic amines) is 1. The predicted molar refractivity (Wildman–Crippen MR) is 105 cm³/mol. The molecule has 1 atom stereocenters. The van der Waals surface area contributed by atoms with Crippen molar-refractivity contribution < 1.29 is 9.59 Å². The topological polar surface area (TPSA) is 96.1 Å². The lowest BCUT2D eigenvalue weighted by Gasteiger charge is -2.32. The summed E-state index contributed by atoms with van der Waals surface area (Å²) in [7, 11) is 0. The average Bonchev–Trinajstić information content (AvgIpc) is 2.70. The van der Waals surface area contributed by atoms with Crippen LogP contribution in [0.5, 0.6) is 0 Å². The molecule has 1 N–H and O–H groups in total. The van der Waals surface area contributed by atoms with Crippen molar-refractivity contribution >= 4 is 23.5 Å². The summed E-state index contributed by atoms with van der Waals surface area (Å²) in [4.78, 5) is 42.7. The van der Waals surface area contributed by atoms with Crippen molar-refractivity contribution in [2.45, 2.75) is 57.9 Å². The third kappa shape index (κ3) is 3.45. The number of hydrogen-bond acceptors (Lipinski definition) is 5. The van der Waals surface area contributed by atoms with Crippen molar-refractivity contribution in [2.24, 2.45) is 5.92 Å². The maximum atomic E-state index is 13.2. The largest absolute Gasteiger partial charge is 0.343 e. The van der Waals surface area contributed by atoms with E-state index in [-0.39, 0.29) is 34.9 Å². The van der Waals surface area contributed by atoms with Crippen LogP contribution in [-0.4, -0.2) is 44.9 Å². The van der Waals surface area contributed by atoms with Crippen LogP contribution in [0.2, 0.25) is 0 Å². The summed E-state index contributed by atoms with van der Waals surface area (Å²) >= 11 is 0. The zero-order valence-corrected chi connectivity index (χ0v) is 16.2. The maximum absolute atomic E-state index is 13.2. The molecule has 1 saturated carbocycles. The molecule has 3 aliphatic rings. The molecule has 1 aromatic heterocycles. The van der Waals surface area contributed by atoms with Crippen molar-refractivity contribution in [3.63, 3.8) is 0 Å². The first kappa shape index (κ1) is 18.8. The SMILES string of the molecule is CC(=O)N1CCC(n2cnc3c(c2=O)C=C(C2CCC(=O)C(=N)C2)CC3)CC1. The van der Waals surface area contributed by atoms with Gasteiger partial charge in [-0.15, -0.1) is 0 Å². The van der Waals surface area contributed by atoms with Gasteiger partial charge in [0.25, 0.3) is 5.56 Å². The number of piperidine rings is 1. The number of allylic oxidation sites excluding steroid dienone is 1. The van der Waals surface area contributed by atoms with E-state index in [2.05, 4.69) is 4.98 Å². The number of carbonyl (C=O) groups is 2. The Morgan fingerprint density at radius 3 is 2.57 bits per heavy atom. The molecule has 0 spiro atoms. The summed E-state index contributed by atoms with van der Waals surface area (Å²) in [6.45, 7) is 2.92. The second-order valence-electron chi connectivity index (χ2n) is 8.12. The monoisotopic (exact) mass is 382 g/mol. The number of nitrogens with one attached hydrogen (secondary N) is 1. The van der Waals surface area contributed by atoms with E-state index in [1.165, 1.54) is 5.57 Å². The fourth-order valence-electron chi connectivity index (χ4n) is 4.66. The molecule has 1 aliphatic heterocycles. The van der Waals surface area contributed by atoms with E-state index >= 15 is 0 Å². The molecule has 1 amide bonds. The molecular formula is C21H26N4O3. The highest BCUT2D eigenvalue weighted by Crippen LogP contribution is 2.33. The molecule has 7 heteroatoms. The van der Waals surface area contributed by atoms with Gasteiger partial charge < -0.3 is 10.3 Å². The third-order valence-electron chi connectivity index (χ3n) is 6.43. The Hall–Kier alpha value is -2.57. The van der Waals surface area contributed by atoms with Gasteiger partial charge in [-0.1, -0.05) is 5.57 Å². The molecule has 4 rings (SSSR count). The summed E-state index contributed by atoms with van der Waals surface area (Å²) < 4.78 is 1.74.